The first-order valence-corrected chi connectivity index (χ1v) is 4.66. The number of carbonyl (C=O) groups excluding carboxylic acids is 1. The molecule has 0 radical (unpaired) electrons. The zero-order valence-corrected chi connectivity index (χ0v) is 8.41. The average molecular weight is 263 g/mol. The van der Waals surface area contributed by atoms with Crippen LogP contribution in [0.1, 0.15) is 6.92 Å². The van der Waals surface area contributed by atoms with E-state index in [4.69, 9.17) is 5.73 Å². The molecule has 2 nitrogen and oxygen atoms in total. The standard InChI is InChI=1S/C8H10INO/c1-5(11)7-3-2-6(10)4-8(7)9/h2-4,7-8H,10H2,1H3. The molecule has 0 amide bonds. The lowest BCUT2D eigenvalue weighted by molar-refractivity contribution is -0.119. The maximum atomic E-state index is 11.0. The second-order valence-corrected chi connectivity index (χ2v) is 4.04. The summed E-state index contributed by atoms with van der Waals surface area (Å²) in [5, 5.41) is 0. The van der Waals surface area contributed by atoms with E-state index in [-0.39, 0.29) is 15.6 Å². The van der Waals surface area contributed by atoms with Gasteiger partial charge in [-0.05, 0) is 19.1 Å². The molecule has 1 aliphatic rings. The second-order valence-electron chi connectivity index (χ2n) is 2.61. The largest absolute Gasteiger partial charge is 0.399 e. The third kappa shape index (κ3) is 2.05. The number of carbonyl (C=O) groups is 1. The van der Waals surface area contributed by atoms with Gasteiger partial charge in [-0.2, -0.15) is 0 Å². The maximum Gasteiger partial charge on any atom is 0.138 e. The van der Waals surface area contributed by atoms with Crippen molar-refractivity contribution in [3.63, 3.8) is 0 Å². The molecular formula is C8H10INO. The molecule has 60 valence electrons. The molecule has 0 saturated heterocycles. The number of Topliss-reactive ketones (excluding diaryl/α,β-unsaturated/α-hetero) is 1. The van der Waals surface area contributed by atoms with Gasteiger partial charge in [0.05, 0.1) is 5.92 Å². The summed E-state index contributed by atoms with van der Waals surface area (Å²) < 4.78 is 0.218. The van der Waals surface area contributed by atoms with Gasteiger partial charge < -0.3 is 5.73 Å². The van der Waals surface area contributed by atoms with E-state index in [1.807, 2.05) is 12.2 Å². The van der Waals surface area contributed by atoms with Crippen LogP contribution in [0.25, 0.3) is 0 Å². The molecule has 3 heteroatoms. The minimum absolute atomic E-state index is 0.0166. The Morgan fingerprint density at radius 2 is 2.36 bits per heavy atom. The second kappa shape index (κ2) is 3.38. The Balaban J connectivity index is 2.77. The minimum atomic E-state index is 0.0166. The molecule has 2 N–H and O–H groups in total. The lowest BCUT2D eigenvalue weighted by atomic mass is 9.96. The Hall–Kier alpha value is -0.320. The Morgan fingerprint density at radius 3 is 2.82 bits per heavy atom. The van der Waals surface area contributed by atoms with Crippen molar-refractivity contribution < 1.29 is 4.79 Å². The van der Waals surface area contributed by atoms with Gasteiger partial charge in [0, 0.05) is 9.62 Å². The van der Waals surface area contributed by atoms with E-state index in [2.05, 4.69) is 22.6 Å². The molecule has 0 saturated carbocycles. The molecule has 0 bridgehead atoms. The van der Waals surface area contributed by atoms with Gasteiger partial charge in [-0.1, -0.05) is 28.7 Å². The molecule has 0 aromatic heterocycles. The van der Waals surface area contributed by atoms with Gasteiger partial charge in [-0.3, -0.25) is 4.79 Å². The third-order valence-corrected chi connectivity index (χ3v) is 2.79. The summed E-state index contributed by atoms with van der Waals surface area (Å²) in [4.78, 5) is 11.0. The van der Waals surface area contributed by atoms with Gasteiger partial charge in [0.15, 0.2) is 0 Å². The van der Waals surface area contributed by atoms with Crippen molar-refractivity contribution in [2.75, 3.05) is 0 Å². The van der Waals surface area contributed by atoms with Gasteiger partial charge in [-0.15, -0.1) is 0 Å². The van der Waals surface area contributed by atoms with Crippen molar-refractivity contribution in [3.8, 4) is 0 Å². The summed E-state index contributed by atoms with van der Waals surface area (Å²) in [6.07, 6.45) is 5.57. The number of halogens is 1. The zero-order chi connectivity index (χ0) is 8.43. The van der Waals surface area contributed by atoms with Crippen molar-refractivity contribution in [1.29, 1.82) is 0 Å². The van der Waals surface area contributed by atoms with Crippen LogP contribution < -0.4 is 5.73 Å². The summed E-state index contributed by atoms with van der Waals surface area (Å²) >= 11 is 2.22. The molecule has 11 heavy (non-hydrogen) atoms. The van der Waals surface area contributed by atoms with Gasteiger partial charge in [-0.25, -0.2) is 0 Å². The molecule has 0 spiro atoms. The van der Waals surface area contributed by atoms with E-state index >= 15 is 0 Å². The van der Waals surface area contributed by atoms with Crippen molar-refractivity contribution in [1.82, 2.24) is 0 Å². The van der Waals surface area contributed by atoms with E-state index in [0.29, 0.717) is 0 Å². The van der Waals surface area contributed by atoms with Crippen LogP contribution in [0.15, 0.2) is 23.9 Å². The lowest BCUT2D eigenvalue weighted by Crippen LogP contribution is -2.21. The molecule has 2 unspecified atom stereocenters. The topological polar surface area (TPSA) is 43.1 Å². The van der Waals surface area contributed by atoms with Crippen molar-refractivity contribution in [2.45, 2.75) is 10.8 Å². The summed E-state index contributed by atoms with van der Waals surface area (Å²) in [5.74, 6) is 0.215. The van der Waals surface area contributed by atoms with Gasteiger partial charge in [0.25, 0.3) is 0 Å². The molecular weight excluding hydrogens is 253 g/mol. The number of hydrogen-bond donors (Lipinski definition) is 1. The highest BCUT2D eigenvalue weighted by molar-refractivity contribution is 14.1. The van der Waals surface area contributed by atoms with Crippen molar-refractivity contribution >= 4 is 28.4 Å². The normalized spacial score (nSPS) is 29.8. The van der Waals surface area contributed by atoms with Gasteiger partial charge >= 0.3 is 0 Å². The summed E-state index contributed by atoms with van der Waals surface area (Å²) in [6, 6.07) is 0. The fourth-order valence-electron chi connectivity index (χ4n) is 1.02. The molecule has 0 fully saturated rings. The molecule has 1 aliphatic carbocycles. The first kappa shape index (κ1) is 8.77. The predicted octanol–water partition coefficient (Wildman–Crippen LogP) is 1.41. The van der Waals surface area contributed by atoms with Crippen LogP contribution in [0, 0.1) is 5.92 Å². The molecule has 1 rings (SSSR count). The highest BCUT2D eigenvalue weighted by Gasteiger charge is 2.20. The number of ketones is 1. The number of allylic oxidation sites excluding steroid dienone is 3. The maximum absolute atomic E-state index is 11.0. The Bertz CT molecular complexity index is 232. The third-order valence-electron chi connectivity index (χ3n) is 1.66. The van der Waals surface area contributed by atoms with E-state index in [9.17, 15) is 4.79 Å². The average Bonchev–Trinajstić information content (AvgIpc) is 1.85. The fraction of sp³-hybridized carbons (Fsp3) is 0.375. The Kier molecular flexibility index (Phi) is 2.70. The minimum Gasteiger partial charge on any atom is -0.399 e. The number of rotatable bonds is 1. The summed E-state index contributed by atoms with van der Waals surface area (Å²) in [5.41, 5.74) is 6.30. The monoisotopic (exact) mass is 263 g/mol. The predicted molar refractivity (Wildman–Crippen MR) is 53.4 cm³/mol. The summed E-state index contributed by atoms with van der Waals surface area (Å²) in [7, 11) is 0. The Labute approximate surface area is 79.7 Å². The van der Waals surface area contributed by atoms with E-state index in [1.165, 1.54) is 0 Å². The van der Waals surface area contributed by atoms with Crippen molar-refractivity contribution in [3.05, 3.63) is 23.9 Å². The molecule has 0 aromatic carbocycles. The van der Waals surface area contributed by atoms with E-state index in [0.717, 1.165) is 5.70 Å². The van der Waals surface area contributed by atoms with Crippen LogP contribution in [-0.2, 0) is 4.79 Å². The lowest BCUT2D eigenvalue weighted by Gasteiger charge is -2.17. The first-order chi connectivity index (χ1) is 5.11. The number of hydrogen-bond acceptors (Lipinski definition) is 2. The molecule has 0 aliphatic heterocycles. The van der Waals surface area contributed by atoms with Crippen molar-refractivity contribution in [2.24, 2.45) is 11.7 Å². The highest BCUT2D eigenvalue weighted by atomic mass is 127. The highest BCUT2D eigenvalue weighted by Crippen LogP contribution is 2.22. The van der Waals surface area contributed by atoms with E-state index in [1.54, 1.807) is 13.0 Å². The number of alkyl halides is 1. The smallest absolute Gasteiger partial charge is 0.138 e. The molecule has 0 aromatic rings. The van der Waals surface area contributed by atoms with Crippen LogP contribution in [-0.4, -0.2) is 9.71 Å². The fourth-order valence-corrected chi connectivity index (χ4v) is 2.19. The zero-order valence-electron chi connectivity index (χ0n) is 6.25. The quantitative estimate of drug-likeness (QED) is 0.574. The SMILES string of the molecule is CC(=O)C1C=CC(N)=CC1I. The first-order valence-electron chi connectivity index (χ1n) is 3.41. The Morgan fingerprint density at radius 1 is 1.73 bits per heavy atom. The summed E-state index contributed by atoms with van der Waals surface area (Å²) in [6.45, 7) is 1.61. The van der Waals surface area contributed by atoms with Crippen LogP contribution >= 0.6 is 22.6 Å². The van der Waals surface area contributed by atoms with Crippen LogP contribution in [0.4, 0.5) is 0 Å². The van der Waals surface area contributed by atoms with E-state index < -0.39 is 0 Å². The number of nitrogens with two attached hydrogens (primary N) is 1. The van der Waals surface area contributed by atoms with Crippen LogP contribution in [0.3, 0.4) is 0 Å². The molecule has 0 heterocycles. The van der Waals surface area contributed by atoms with Crippen LogP contribution in [0.2, 0.25) is 0 Å². The van der Waals surface area contributed by atoms with Gasteiger partial charge in [0.2, 0.25) is 0 Å². The molecule has 2 atom stereocenters. The van der Waals surface area contributed by atoms with Crippen LogP contribution in [0.5, 0.6) is 0 Å². The van der Waals surface area contributed by atoms with Gasteiger partial charge in [0.1, 0.15) is 5.78 Å².